The van der Waals surface area contributed by atoms with E-state index in [0.29, 0.717) is 25.3 Å². The zero-order valence-electron chi connectivity index (χ0n) is 12.6. The monoisotopic (exact) mass is 311 g/mol. The summed E-state index contributed by atoms with van der Waals surface area (Å²) >= 11 is 1.75. The topological polar surface area (TPSA) is 62.5 Å². The van der Waals surface area contributed by atoms with Crippen LogP contribution in [0.1, 0.15) is 43.6 Å². The van der Waals surface area contributed by atoms with E-state index in [1.165, 1.54) is 6.42 Å². The maximum absolute atomic E-state index is 11.7. The maximum atomic E-state index is 11.7. The van der Waals surface area contributed by atoms with Crippen molar-refractivity contribution in [1.82, 2.24) is 5.32 Å². The zero-order chi connectivity index (χ0) is 15.1. The molecule has 1 aliphatic rings. The van der Waals surface area contributed by atoms with E-state index >= 15 is 0 Å². The van der Waals surface area contributed by atoms with Gasteiger partial charge >= 0.3 is 0 Å². The molecule has 0 aromatic carbocycles. The van der Waals surface area contributed by atoms with Crippen LogP contribution in [0.15, 0.2) is 16.5 Å². The fourth-order valence-electron chi connectivity index (χ4n) is 2.30. The Balaban J connectivity index is 1.55. The smallest absolute Gasteiger partial charge is 0.220 e. The molecule has 2 rings (SSSR count). The molecule has 1 amide bonds. The van der Waals surface area contributed by atoms with Gasteiger partial charge in [-0.05, 0) is 36.6 Å². The zero-order valence-corrected chi connectivity index (χ0v) is 13.5. The molecule has 4 nitrogen and oxygen atoms in total. The summed E-state index contributed by atoms with van der Waals surface area (Å²) in [5.74, 6) is 5.27. The van der Waals surface area contributed by atoms with E-state index < -0.39 is 0 Å². The summed E-state index contributed by atoms with van der Waals surface area (Å²) in [6, 6.07) is 4.05. The first kappa shape index (κ1) is 16.4. The van der Waals surface area contributed by atoms with Gasteiger partial charge < -0.3 is 14.8 Å². The molecule has 1 heterocycles. The largest absolute Gasteiger partial charge is 0.466 e. The van der Waals surface area contributed by atoms with Gasteiger partial charge in [-0.25, -0.2) is 0 Å². The minimum Gasteiger partial charge on any atom is -0.466 e. The fraction of sp³-hybridized carbons (Fsp3) is 0.688. The quantitative estimate of drug-likeness (QED) is 0.652. The molecule has 1 aliphatic carbocycles. The summed E-state index contributed by atoms with van der Waals surface area (Å²) in [5, 5.41) is 11.6. The number of aliphatic hydroxyl groups is 1. The van der Waals surface area contributed by atoms with Crippen LogP contribution in [0.4, 0.5) is 0 Å². The van der Waals surface area contributed by atoms with E-state index in [4.69, 9.17) is 9.52 Å². The van der Waals surface area contributed by atoms with E-state index in [1.807, 2.05) is 6.07 Å². The minimum atomic E-state index is 0.0792. The Morgan fingerprint density at radius 3 is 3.00 bits per heavy atom. The number of furan rings is 1. The highest BCUT2D eigenvalue weighted by molar-refractivity contribution is 7.99. The predicted molar refractivity (Wildman–Crippen MR) is 85.6 cm³/mol. The van der Waals surface area contributed by atoms with Crippen molar-refractivity contribution in [3.63, 3.8) is 0 Å². The minimum absolute atomic E-state index is 0.0792. The number of hydrogen-bond donors (Lipinski definition) is 2. The maximum Gasteiger partial charge on any atom is 0.220 e. The third-order valence-corrected chi connectivity index (χ3v) is 4.84. The molecule has 0 radical (unpaired) electrons. The van der Waals surface area contributed by atoms with E-state index in [-0.39, 0.29) is 12.5 Å². The lowest BCUT2D eigenvalue weighted by Crippen LogP contribution is -2.25. The van der Waals surface area contributed by atoms with Crippen LogP contribution in [-0.2, 0) is 11.2 Å². The highest BCUT2D eigenvalue weighted by Gasteiger charge is 2.36. The van der Waals surface area contributed by atoms with Crippen LogP contribution >= 0.6 is 11.8 Å². The molecular weight excluding hydrogens is 286 g/mol. The van der Waals surface area contributed by atoms with E-state index in [1.54, 1.807) is 11.8 Å². The number of carbonyl (C=O) groups is 1. The van der Waals surface area contributed by atoms with Gasteiger partial charge in [0, 0.05) is 37.7 Å². The number of nitrogens with one attached hydrogen (secondary N) is 1. The number of carbonyl (C=O) groups excluding carboxylic acids is 1. The average Bonchev–Trinajstić information content (AvgIpc) is 3.02. The molecule has 2 atom stereocenters. The molecule has 21 heavy (non-hydrogen) atoms. The number of thioether (sulfide) groups is 1. The van der Waals surface area contributed by atoms with Gasteiger partial charge in [-0.3, -0.25) is 4.79 Å². The molecule has 0 spiro atoms. The molecule has 1 aromatic rings. The summed E-state index contributed by atoms with van der Waals surface area (Å²) in [6.07, 6.45) is 3.19. The van der Waals surface area contributed by atoms with Gasteiger partial charge in [0.25, 0.3) is 0 Å². The molecule has 118 valence electrons. The molecule has 0 saturated heterocycles. The Labute approximate surface area is 130 Å². The van der Waals surface area contributed by atoms with Crippen molar-refractivity contribution in [2.45, 2.75) is 38.5 Å². The number of hydrogen-bond acceptors (Lipinski definition) is 4. The lowest BCUT2D eigenvalue weighted by atomic mass is 10.2. The fourth-order valence-corrected chi connectivity index (χ4v) is 3.09. The third kappa shape index (κ3) is 5.75. The van der Waals surface area contributed by atoms with Gasteiger partial charge in [-0.15, -0.1) is 0 Å². The van der Waals surface area contributed by atoms with Gasteiger partial charge in [0.2, 0.25) is 5.91 Å². The molecule has 2 unspecified atom stereocenters. The Kier molecular flexibility index (Phi) is 6.64. The van der Waals surface area contributed by atoms with Gasteiger partial charge in [-0.1, -0.05) is 6.92 Å². The Morgan fingerprint density at radius 1 is 1.48 bits per heavy atom. The summed E-state index contributed by atoms with van der Waals surface area (Å²) in [5.41, 5.74) is 0. The van der Waals surface area contributed by atoms with E-state index in [0.717, 1.165) is 35.4 Å². The average molecular weight is 311 g/mol. The van der Waals surface area contributed by atoms with Crippen molar-refractivity contribution in [3.05, 3.63) is 23.7 Å². The van der Waals surface area contributed by atoms with Crippen LogP contribution in [0.25, 0.3) is 0 Å². The molecule has 2 N–H and O–H groups in total. The second-order valence-electron chi connectivity index (χ2n) is 5.66. The van der Waals surface area contributed by atoms with Gasteiger partial charge in [0.15, 0.2) is 0 Å². The lowest BCUT2D eigenvalue weighted by Gasteiger charge is -2.04. The second kappa shape index (κ2) is 8.49. The number of rotatable bonds is 10. The normalized spacial score (nSPS) is 20.5. The third-order valence-electron chi connectivity index (χ3n) is 3.77. The second-order valence-corrected chi connectivity index (χ2v) is 6.89. The van der Waals surface area contributed by atoms with Gasteiger partial charge in [0.1, 0.15) is 11.5 Å². The number of amides is 1. The van der Waals surface area contributed by atoms with Gasteiger partial charge in [0.05, 0.1) is 0 Å². The van der Waals surface area contributed by atoms with Crippen molar-refractivity contribution in [3.8, 4) is 0 Å². The van der Waals surface area contributed by atoms with Crippen LogP contribution in [0.5, 0.6) is 0 Å². The molecule has 1 fully saturated rings. The van der Waals surface area contributed by atoms with Crippen LogP contribution in [-0.4, -0.2) is 35.7 Å². The van der Waals surface area contributed by atoms with Gasteiger partial charge in [-0.2, -0.15) is 11.8 Å². The van der Waals surface area contributed by atoms with Crippen molar-refractivity contribution in [2.24, 2.45) is 5.92 Å². The van der Waals surface area contributed by atoms with E-state index in [9.17, 15) is 4.79 Å². The van der Waals surface area contributed by atoms with E-state index in [2.05, 4.69) is 18.3 Å². The first-order valence-electron chi connectivity index (χ1n) is 7.74. The molecule has 1 aromatic heterocycles. The standard InChI is InChI=1S/C16H25NO3S/c1-12-11-14(12)15-5-3-13(20-15)4-6-16(19)17-7-10-21-9-2-8-18/h3,5,12,14,18H,2,4,6-11H2,1H3,(H,17,19). The molecular formula is C16H25NO3S. The van der Waals surface area contributed by atoms with Crippen molar-refractivity contribution in [2.75, 3.05) is 24.7 Å². The van der Waals surface area contributed by atoms with Crippen LogP contribution in [0.2, 0.25) is 0 Å². The highest BCUT2D eigenvalue weighted by atomic mass is 32.2. The predicted octanol–water partition coefficient (Wildman–Crippen LogP) is 2.57. The molecule has 0 aliphatic heterocycles. The van der Waals surface area contributed by atoms with Crippen LogP contribution in [0, 0.1) is 5.92 Å². The summed E-state index contributed by atoms with van der Waals surface area (Å²) < 4.78 is 5.79. The SMILES string of the molecule is CC1CC1c1ccc(CCC(=O)NCCSCCCO)o1. The number of aryl methyl sites for hydroxylation is 1. The first-order valence-corrected chi connectivity index (χ1v) is 8.90. The van der Waals surface area contributed by atoms with Crippen molar-refractivity contribution >= 4 is 17.7 Å². The van der Waals surface area contributed by atoms with Crippen molar-refractivity contribution < 1.29 is 14.3 Å². The summed E-state index contributed by atoms with van der Waals surface area (Å²) in [6.45, 7) is 3.17. The summed E-state index contributed by atoms with van der Waals surface area (Å²) in [7, 11) is 0. The van der Waals surface area contributed by atoms with Crippen LogP contribution in [0.3, 0.4) is 0 Å². The molecule has 1 saturated carbocycles. The number of aliphatic hydroxyl groups excluding tert-OH is 1. The summed E-state index contributed by atoms with van der Waals surface area (Å²) in [4.78, 5) is 11.7. The highest BCUT2D eigenvalue weighted by Crippen LogP contribution is 2.47. The Hall–Kier alpha value is -0.940. The lowest BCUT2D eigenvalue weighted by molar-refractivity contribution is -0.121. The molecule has 0 bridgehead atoms. The first-order chi connectivity index (χ1) is 10.2. The molecule has 5 heteroatoms. The Bertz CT molecular complexity index is 446. The van der Waals surface area contributed by atoms with Crippen LogP contribution < -0.4 is 5.32 Å². The Morgan fingerprint density at radius 2 is 2.29 bits per heavy atom. The van der Waals surface area contributed by atoms with Crippen molar-refractivity contribution in [1.29, 1.82) is 0 Å².